The smallest absolute Gasteiger partial charge is 0.322 e. The Hall–Kier alpha value is -0.880. The molecule has 0 spiro atoms. The molecule has 1 unspecified atom stereocenters. The lowest BCUT2D eigenvalue weighted by Gasteiger charge is -2.17. The number of halogens is 1. The molecule has 6 heteroatoms. The van der Waals surface area contributed by atoms with Crippen LogP contribution in [0.15, 0.2) is 12.7 Å². The number of ether oxygens (including phenoxy) is 3. The Balaban J connectivity index is 3.82. The number of esters is 2. The molecule has 0 aliphatic carbocycles. The van der Waals surface area contributed by atoms with E-state index in [-0.39, 0.29) is 13.2 Å². The van der Waals surface area contributed by atoms with Crippen molar-refractivity contribution >= 4 is 27.9 Å². The number of hydrogen-bond acceptors (Lipinski definition) is 5. The third-order valence-electron chi connectivity index (χ3n) is 2.06. The zero-order valence-corrected chi connectivity index (χ0v) is 13.2. The fraction of sp³-hybridized carbons (Fsp3) is 0.692. The number of rotatable bonds is 9. The van der Waals surface area contributed by atoms with Gasteiger partial charge in [0.25, 0.3) is 0 Å². The molecular weight excluding hydrogens is 316 g/mol. The summed E-state index contributed by atoms with van der Waals surface area (Å²) >= 11 is 3.18. The molecule has 19 heavy (non-hydrogen) atoms. The summed E-state index contributed by atoms with van der Waals surface area (Å²) < 4.78 is 14.3. The lowest BCUT2D eigenvalue weighted by molar-refractivity contribution is -0.155. The van der Waals surface area contributed by atoms with Gasteiger partial charge in [-0.15, -0.1) is 6.58 Å². The van der Waals surface area contributed by atoms with Crippen LogP contribution in [-0.2, 0) is 23.8 Å². The Kier molecular flexibility index (Phi) is 8.67. The van der Waals surface area contributed by atoms with Gasteiger partial charge in [-0.1, -0.05) is 22.0 Å². The molecule has 0 heterocycles. The van der Waals surface area contributed by atoms with E-state index in [2.05, 4.69) is 22.5 Å². The van der Waals surface area contributed by atoms with Gasteiger partial charge in [-0.25, -0.2) is 0 Å². The van der Waals surface area contributed by atoms with Crippen LogP contribution in [0.1, 0.15) is 20.8 Å². The van der Waals surface area contributed by atoms with E-state index in [1.807, 2.05) is 0 Å². The van der Waals surface area contributed by atoms with Crippen LogP contribution in [0.25, 0.3) is 0 Å². The monoisotopic (exact) mass is 336 g/mol. The third kappa shape index (κ3) is 8.77. The lowest BCUT2D eigenvalue weighted by atomic mass is 10.2. The molecule has 5 nitrogen and oxygen atoms in total. The summed E-state index contributed by atoms with van der Waals surface area (Å²) in [7, 11) is 0. The maximum atomic E-state index is 11.5. The minimum absolute atomic E-state index is 0.000210. The van der Waals surface area contributed by atoms with E-state index in [1.54, 1.807) is 26.8 Å². The molecule has 0 aliphatic rings. The van der Waals surface area contributed by atoms with Gasteiger partial charge >= 0.3 is 11.9 Å². The molecule has 0 aliphatic heterocycles. The Labute approximate surface area is 122 Å². The van der Waals surface area contributed by atoms with Crippen molar-refractivity contribution in [3.63, 3.8) is 0 Å². The summed E-state index contributed by atoms with van der Waals surface area (Å²) in [4.78, 5) is 23.0. The molecule has 0 radical (unpaired) electrons. The van der Waals surface area contributed by atoms with Gasteiger partial charge in [0.1, 0.15) is 17.5 Å². The fourth-order valence-corrected chi connectivity index (χ4v) is 1.06. The van der Waals surface area contributed by atoms with Gasteiger partial charge in [0.2, 0.25) is 0 Å². The van der Waals surface area contributed by atoms with E-state index in [0.29, 0.717) is 13.2 Å². The van der Waals surface area contributed by atoms with E-state index < -0.39 is 22.2 Å². The maximum absolute atomic E-state index is 11.5. The van der Waals surface area contributed by atoms with Crippen molar-refractivity contribution in [3.05, 3.63) is 12.7 Å². The summed E-state index contributed by atoms with van der Waals surface area (Å²) in [6.45, 7) is 9.40. The largest absolute Gasteiger partial charge is 0.464 e. The summed E-state index contributed by atoms with van der Waals surface area (Å²) in [6, 6.07) is 0. The Morgan fingerprint density at radius 2 is 1.95 bits per heavy atom. The second kappa shape index (κ2) is 9.09. The van der Waals surface area contributed by atoms with E-state index in [0.717, 1.165) is 0 Å². The summed E-state index contributed by atoms with van der Waals surface area (Å²) in [5.74, 6) is -1.33. The molecular formula is C13H21BrO5. The molecule has 0 N–H and O–H groups in total. The van der Waals surface area contributed by atoms with Crippen LogP contribution < -0.4 is 0 Å². The lowest BCUT2D eigenvalue weighted by Crippen LogP contribution is -2.30. The first kappa shape index (κ1) is 18.1. The molecule has 0 amide bonds. The first-order valence-corrected chi connectivity index (χ1v) is 6.79. The minimum atomic E-state index is -0.755. The Morgan fingerprint density at radius 1 is 1.32 bits per heavy atom. The molecule has 110 valence electrons. The molecule has 0 saturated heterocycles. The zero-order chi connectivity index (χ0) is 14.9. The van der Waals surface area contributed by atoms with Crippen molar-refractivity contribution < 1.29 is 23.8 Å². The van der Waals surface area contributed by atoms with Crippen LogP contribution in [0.4, 0.5) is 0 Å². The first-order chi connectivity index (χ1) is 8.79. The van der Waals surface area contributed by atoms with Gasteiger partial charge in [0.05, 0.1) is 19.1 Å². The van der Waals surface area contributed by atoms with Crippen LogP contribution in [0.3, 0.4) is 0 Å². The van der Waals surface area contributed by atoms with Crippen LogP contribution in [0, 0.1) is 5.92 Å². The molecule has 0 aromatic rings. The van der Waals surface area contributed by atoms with Crippen LogP contribution >= 0.6 is 15.9 Å². The van der Waals surface area contributed by atoms with Gasteiger partial charge in [0.15, 0.2) is 0 Å². The third-order valence-corrected chi connectivity index (χ3v) is 2.38. The summed E-state index contributed by atoms with van der Waals surface area (Å²) in [6.07, 6.45) is 1.62. The molecule has 0 saturated carbocycles. The van der Waals surface area contributed by atoms with E-state index in [9.17, 15) is 9.59 Å². The molecule has 0 bridgehead atoms. The van der Waals surface area contributed by atoms with Crippen LogP contribution in [-0.4, -0.2) is 42.7 Å². The fourth-order valence-electron chi connectivity index (χ4n) is 0.950. The van der Waals surface area contributed by atoms with Crippen molar-refractivity contribution in [1.82, 2.24) is 0 Å². The molecule has 0 fully saturated rings. The van der Waals surface area contributed by atoms with Gasteiger partial charge < -0.3 is 14.2 Å². The zero-order valence-electron chi connectivity index (χ0n) is 11.6. The predicted molar refractivity (Wildman–Crippen MR) is 75.1 cm³/mol. The highest BCUT2D eigenvalue weighted by Gasteiger charge is 2.27. The van der Waals surface area contributed by atoms with Crippen LogP contribution in [0.2, 0.25) is 0 Å². The van der Waals surface area contributed by atoms with E-state index in [1.165, 1.54) is 0 Å². The average Bonchev–Trinajstić information content (AvgIpc) is 2.33. The van der Waals surface area contributed by atoms with Crippen LogP contribution in [0.5, 0.6) is 0 Å². The maximum Gasteiger partial charge on any atom is 0.322 e. The van der Waals surface area contributed by atoms with Gasteiger partial charge in [-0.3, -0.25) is 9.59 Å². The van der Waals surface area contributed by atoms with E-state index in [4.69, 9.17) is 14.2 Å². The quantitative estimate of drug-likeness (QED) is 0.279. The highest BCUT2D eigenvalue weighted by molar-refractivity contribution is 9.10. The molecule has 1 atom stereocenters. The number of carbonyl (C=O) groups excluding carboxylic acids is 2. The number of alkyl halides is 1. The Bertz CT molecular complexity index is 309. The second-order valence-electron chi connectivity index (χ2n) is 4.50. The normalized spacial score (nSPS) is 12.6. The standard InChI is InChI=1S/C13H21BrO5/c1-5-6-17-7-8-18-11(15)10(2)9-19-12(16)13(3,4)14/h5,10H,1,6-9H2,2-4H3. The molecule has 0 rings (SSSR count). The van der Waals surface area contributed by atoms with Crippen molar-refractivity contribution in [3.8, 4) is 0 Å². The van der Waals surface area contributed by atoms with Crippen molar-refractivity contribution in [2.75, 3.05) is 26.4 Å². The molecule has 0 aromatic carbocycles. The number of hydrogen-bond donors (Lipinski definition) is 0. The molecule has 0 aromatic heterocycles. The van der Waals surface area contributed by atoms with Crippen molar-refractivity contribution in [1.29, 1.82) is 0 Å². The van der Waals surface area contributed by atoms with Gasteiger partial charge in [-0.2, -0.15) is 0 Å². The Morgan fingerprint density at radius 3 is 2.47 bits per heavy atom. The van der Waals surface area contributed by atoms with Crippen molar-refractivity contribution in [2.45, 2.75) is 25.1 Å². The predicted octanol–water partition coefficient (Wildman–Crippen LogP) is 2.08. The minimum Gasteiger partial charge on any atom is -0.464 e. The topological polar surface area (TPSA) is 61.8 Å². The van der Waals surface area contributed by atoms with Crippen molar-refractivity contribution in [2.24, 2.45) is 5.92 Å². The van der Waals surface area contributed by atoms with Gasteiger partial charge in [-0.05, 0) is 20.8 Å². The second-order valence-corrected chi connectivity index (χ2v) is 6.49. The number of carbonyl (C=O) groups is 2. The first-order valence-electron chi connectivity index (χ1n) is 6.00. The summed E-state index contributed by atoms with van der Waals surface area (Å²) in [5.41, 5.74) is 0. The highest BCUT2D eigenvalue weighted by atomic mass is 79.9. The SMILES string of the molecule is C=CCOCCOC(=O)C(C)COC(=O)C(C)(C)Br. The van der Waals surface area contributed by atoms with Gasteiger partial charge in [0, 0.05) is 0 Å². The summed E-state index contributed by atoms with van der Waals surface area (Å²) in [5, 5.41) is 0. The highest BCUT2D eigenvalue weighted by Crippen LogP contribution is 2.18. The average molecular weight is 337 g/mol. The van der Waals surface area contributed by atoms with E-state index >= 15 is 0 Å².